The van der Waals surface area contributed by atoms with Gasteiger partial charge in [0.15, 0.2) is 0 Å². The number of nitrogens with zero attached hydrogens (tertiary/aromatic N) is 1. The number of alkyl halides is 3. The van der Waals surface area contributed by atoms with Crippen LogP contribution in [0.3, 0.4) is 0 Å². The first-order chi connectivity index (χ1) is 9.04. The van der Waals surface area contributed by atoms with Crippen LogP contribution < -0.4 is 5.32 Å². The van der Waals surface area contributed by atoms with Crippen molar-refractivity contribution in [3.8, 4) is 0 Å². The van der Waals surface area contributed by atoms with Crippen molar-refractivity contribution >= 4 is 12.4 Å². The molecule has 0 radical (unpaired) electrons. The zero-order chi connectivity index (χ0) is 13.7. The Morgan fingerprint density at radius 1 is 1.10 bits per heavy atom. The lowest BCUT2D eigenvalue weighted by atomic mass is 10.0. The Balaban J connectivity index is 0.00000200. The maximum atomic E-state index is 12.7. The molecule has 1 N–H and O–H groups in total. The van der Waals surface area contributed by atoms with E-state index in [4.69, 9.17) is 0 Å². The second-order valence-electron chi connectivity index (χ2n) is 4.99. The molecule has 20 heavy (non-hydrogen) atoms. The van der Waals surface area contributed by atoms with Crippen LogP contribution in [0.5, 0.6) is 0 Å². The highest BCUT2D eigenvalue weighted by molar-refractivity contribution is 5.85. The van der Waals surface area contributed by atoms with E-state index >= 15 is 0 Å². The summed E-state index contributed by atoms with van der Waals surface area (Å²) in [5.74, 6) is 0. The van der Waals surface area contributed by atoms with E-state index in [-0.39, 0.29) is 18.4 Å². The van der Waals surface area contributed by atoms with E-state index in [2.05, 4.69) is 5.32 Å². The van der Waals surface area contributed by atoms with Gasteiger partial charge in [-0.05, 0) is 31.5 Å². The standard InChI is InChI=1S/C14H19F3N2.ClH/c15-14(16,17)11-19(13-6-8-18-9-7-13)10-12-4-2-1-3-5-12;/h1-5,13,18H,6-11H2;1H. The van der Waals surface area contributed by atoms with Crippen molar-refractivity contribution in [2.75, 3.05) is 19.6 Å². The van der Waals surface area contributed by atoms with Crippen molar-refractivity contribution in [3.63, 3.8) is 0 Å². The molecule has 0 aliphatic carbocycles. The van der Waals surface area contributed by atoms with Gasteiger partial charge in [-0.15, -0.1) is 12.4 Å². The highest BCUT2D eigenvalue weighted by Crippen LogP contribution is 2.23. The molecule has 0 spiro atoms. The molecule has 0 atom stereocenters. The molecule has 1 aromatic rings. The van der Waals surface area contributed by atoms with Crippen molar-refractivity contribution in [1.82, 2.24) is 10.2 Å². The Hall–Kier alpha value is -0.780. The quantitative estimate of drug-likeness (QED) is 0.919. The van der Waals surface area contributed by atoms with E-state index < -0.39 is 12.7 Å². The van der Waals surface area contributed by atoms with Crippen molar-refractivity contribution in [3.05, 3.63) is 35.9 Å². The fourth-order valence-electron chi connectivity index (χ4n) is 2.53. The highest BCUT2D eigenvalue weighted by atomic mass is 35.5. The average molecular weight is 309 g/mol. The third kappa shape index (κ3) is 5.69. The molecule has 1 fully saturated rings. The molecule has 2 nitrogen and oxygen atoms in total. The molecule has 0 unspecified atom stereocenters. The molecule has 1 aliphatic heterocycles. The Bertz CT molecular complexity index is 378. The summed E-state index contributed by atoms with van der Waals surface area (Å²) in [4.78, 5) is 1.57. The smallest absolute Gasteiger partial charge is 0.317 e. The van der Waals surface area contributed by atoms with Crippen molar-refractivity contribution in [1.29, 1.82) is 0 Å². The molecule has 1 aliphatic rings. The lowest BCUT2D eigenvalue weighted by molar-refractivity contribution is -0.153. The van der Waals surface area contributed by atoms with Gasteiger partial charge in [0.1, 0.15) is 0 Å². The molecule has 1 saturated heterocycles. The Morgan fingerprint density at radius 2 is 1.70 bits per heavy atom. The molecule has 1 heterocycles. The van der Waals surface area contributed by atoms with Crippen LogP contribution in [-0.2, 0) is 6.54 Å². The molecule has 1 aromatic carbocycles. The topological polar surface area (TPSA) is 15.3 Å². The minimum atomic E-state index is -4.14. The summed E-state index contributed by atoms with van der Waals surface area (Å²) >= 11 is 0. The predicted molar refractivity (Wildman–Crippen MR) is 76.0 cm³/mol. The first kappa shape index (κ1) is 17.3. The maximum absolute atomic E-state index is 12.7. The SMILES string of the molecule is Cl.FC(F)(F)CN(Cc1ccccc1)C1CCNCC1. The minimum absolute atomic E-state index is 0. The molecule has 114 valence electrons. The van der Waals surface area contributed by atoms with Gasteiger partial charge in [0.25, 0.3) is 0 Å². The van der Waals surface area contributed by atoms with Crippen molar-refractivity contribution in [2.24, 2.45) is 0 Å². The Morgan fingerprint density at radius 3 is 2.25 bits per heavy atom. The summed E-state index contributed by atoms with van der Waals surface area (Å²) in [5.41, 5.74) is 0.935. The Kier molecular flexibility index (Phi) is 6.79. The normalized spacial score (nSPS) is 17.0. The highest BCUT2D eigenvalue weighted by Gasteiger charge is 2.34. The lowest BCUT2D eigenvalue weighted by Crippen LogP contribution is -2.46. The van der Waals surface area contributed by atoms with Crippen molar-refractivity contribution in [2.45, 2.75) is 31.6 Å². The maximum Gasteiger partial charge on any atom is 0.401 e. The van der Waals surface area contributed by atoms with Gasteiger partial charge in [-0.3, -0.25) is 4.90 Å². The lowest BCUT2D eigenvalue weighted by Gasteiger charge is -2.35. The molecule has 0 saturated carbocycles. The summed E-state index contributed by atoms with van der Waals surface area (Å²) in [5, 5.41) is 3.19. The minimum Gasteiger partial charge on any atom is -0.317 e. The Labute approximate surface area is 123 Å². The largest absolute Gasteiger partial charge is 0.401 e. The van der Waals surface area contributed by atoms with E-state index in [0.717, 1.165) is 31.5 Å². The number of rotatable bonds is 4. The molecule has 0 aromatic heterocycles. The van der Waals surface area contributed by atoms with Gasteiger partial charge in [0.05, 0.1) is 6.54 Å². The van der Waals surface area contributed by atoms with Crippen molar-refractivity contribution < 1.29 is 13.2 Å². The van der Waals surface area contributed by atoms with Gasteiger partial charge >= 0.3 is 6.18 Å². The van der Waals surface area contributed by atoms with Crippen LogP contribution in [0.2, 0.25) is 0 Å². The van der Waals surface area contributed by atoms with Gasteiger partial charge in [-0.1, -0.05) is 30.3 Å². The van der Waals surface area contributed by atoms with E-state index in [1.165, 1.54) is 0 Å². The molecular weight excluding hydrogens is 289 g/mol. The van der Waals surface area contributed by atoms with E-state index in [0.29, 0.717) is 6.54 Å². The third-order valence-electron chi connectivity index (χ3n) is 3.44. The summed E-state index contributed by atoms with van der Waals surface area (Å²) in [6, 6.07) is 9.38. The van der Waals surface area contributed by atoms with Crippen LogP contribution in [0, 0.1) is 0 Å². The summed E-state index contributed by atoms with van der Waals surface area (Å²) in [6.45, 7) is 1.14. The van der Waals surface area contributed by atoms with Gasteiger partial charge in [0.2, 0.25) is 0 Å². The zero-order valence-electron chi connectivity index (χ0n) is 11.2. The number of hydrogen-bond acceptors (Lipinski definition) is 2. The fraction of sp³-hybridized carbons (Fsp3) is 0.571. The van der Waals surface area contributed by atoms with Gasteiger partial charge in [-0.25, -0.2) is 0 Å². The predicted octanol–water partition coefficient (Wildman–Crippen LogP) is 3.22. The summed E-state index contributed by atoms with van der Waals surface area (Å²) in [6.07, 6.45) is -2.58. The zero-order valence-corrected chi connectivity index (χ0v) is 12.0. The molecule has 2 rings (SSSR count). The molecular formula is C14H20ClF3N2. The monoisotopic (exact) mass is 308 g/mol. The van der Waals surface area contributed by atoms with Crippen LogP contribution in [-0.4, -0.2) is 36.8 Å². The van der Waals surface area contributed by atoms with Gasteiger partial charge in [-0.2, -0.15) is 13.2 Å². The van der Waals surface area contributed by atoms with Crippen LogP contribution in [0.1, 0.15) is 18.4 Å². The van der Waals surface area contributed by atoms with Gasteiger partial charge in [0, 0.05) is 12.6 Å². The number of nitrogens with one attached hydrogen (secondary N) is 1. The second kappa shape index (κ2) is 7.86. The molecule has 0 amide bonds. The van der Waals surface area contributed by atoms with E-state index in [1.54, 1.807) is 4.90 Å². The molecule has 0 bridgehead atoms. The first-order valence-electron chi connectivity index (χ1n) is 6.60. The second-order valence-corrected chi connectivity index (χ2v) is 4.99. The average Bonchev–Trinajstić information content (AvgIpc) is 2.39. The summed E-state index contributed by atoms with van der Waals surface area (Å²) < 4.78 is 38.1. The van der Waals surface area contributed by atoms with E-state index in [1.807, 2.05) is 30.3 Å². The van der Waals surface area contributed by atoms with Crippen LogP contribution in [0.25, 0.3) is 0 Å². The van der Waals surface area contributed by atoms with Crippen LogP contribution in [0.15, 0.2) is 30.3 Å². The third-order valence-corrected chi connectivity index (χ3v) is 3.44. The van der Waals surface area contributed by atoms with E-state index in [9.17, 15) is 13.2 Å². The van der Waals surface area contributed by atoms with Crippen LogP contribution in [0.4, 0.5) is 13.2 Å². The number of benzene rings is 1. The summed E-state index contributed by atoms with van der Waals surface area (Å²) in [7, 11) is 0. The number of halogens is 4. The molecule has 6 heteroatoms. The fourth-order valence-corrected chi connectivity index (χ4v) is 2.53. The number of hydrogen-bond donors (Lipinski definition) is 1. The van der Waals surface area contributed by atoms with Gasteiger partial charge < -0.3 is 5.32 Å². The van der Waals surface area contributed by atoms with Crippen LogP contribution >= 0.6 is 12.4 Å². The number of piperidine rings is 1. The first-order valence-corrected chi connectivity index (χ1v) is 6.60.